The van der Waals surface area contributed by atoms with Crippen molar-refractivity contribution in [2.45, 2.75) is 26.7 Å². The van der Waals surface area contributed by atoms with Crippen LogP contribution in [0, 0.1) is 6.92 Å². The van der Waals surface area contributed by atoms with Gasteiger partial charge in [0.05, 0.1) is 0 Å². The molecule has 1 rings (SSSR count). The van der Waals surface area contributed by atoms with E-state index in [-0.39, 0.29) is 0 Å². The van der Waals surface area contributed by atoms with E-state index in [9.17, 15) is 8.42 Å². The highest BCUT2D eigenvalue weighted by Crippen LogP contribution is 2.03. The van der Waals surface area contributed by atoms with Crippen molar-refractivity contribution in [1.29, 1.82) is 0 Å². The number of nitrogens with one attached hydrogen (secondary N) is 2. The summed E-state index contributed by atoms with van der Waals surface area (Å²) in [7, 11) is -3.32. The summed E-state index contributed by atoms with van der Waals surface area (Å²) in [4.78, 5) is 0. The molecule has 4 nitrogen and oxygen atoms in total. The van der Waals surface area contributed by atoms with E-state index in [4.69, 9.17) is 0 Å². The smallest absolute Gasteiger partial charge is 0.202 e. The lowest BCUT2D eigenvalue weighted by molar-refractivity contribution is 0.566. The average molecular weight is 256 g/mol. The van der Waals surface area contributed by atoms with Gasteiger partial charge in [-0.2, -0.15) is 8.42 Å². The summed E-state index contributed by atoms with van der Waals surface area (Å²) in [6, 6.07) is 8.07. The van der Waals surface area contributed by atoms with Crippen LogP contribution in [0.4, 0.5) is 0 Å². The Kier molecular flexibility index (Phi) is 5.61. The molecule has 0 radical (unpaired) electrons. The van der Waals surface area contributed by atoms with Gasteiger partial charge in [-0.25, -0.2) is 9.44 Å². The van der Waals surface area contributed by atoms with Crippen molar-refractivity contribution in [1.82, 2.24) is 9.44 Å². The maximum atomic E-state index is 11.4. The van der Waals surface area contributed by atoms with Gasteiger partial charge < -0.3 is 0 Å². The quantitative estimate of drug-likeness (QED) is 0.774. The molecule has 0 fully saturated rings. The Morgan fingerprint density at radius 2 is 1.88 bits per heavy atom. The highest BCUT2D eigenvalue weighted by molar-refractivity contribution is 7.87. The molecular formula is C12H20N2O2S. The molecule has 0 spiro atoms. The van der Waals surface area contributed by atoms with Crippen molar-refractivity contribution in [3.63, 3.8) is 0 Å². The van der Waals surface area contributed by atoms with E-state index in [1.807, 2.05) is 32.0 Å². The molecule has 0 saturated carbocycles. The second-order valence-corrected chi connectivity index (χ2v) is 5.62. The van der Waals surface area contributed by atoms with Crippen molar-refractivity contribution >= 4 is 10.2 Å². The van der Waals surface area contributed by atoms with Crippen molar-refractivity contribution in [3.8, 4) is 0 Å². The summed E-state index contributed by atoms with van der Waals surface area (Å²) in [6.07, 6.45) is 1.49. The lowest BCUT2D eigenvalue weighted by atomic mass is 10.1. The fraction of sp³-hybridized carbons (Fsp3) is 0.500. The first-order chi connectivity index (χ1) is 8.03. The minimum Gasteiger partial charge on any atom is -0.202 e. The third-order valence-corrected chi connectivity index (χ3v) is 3.50. The van der Waals surface area contributed by atoms with E-state index in [1.165, 1.54) is 5.56 Å². The normalized spacial score (nSPS) is 11.6. The van der Waals surface area contributed by atoms with E-state index >= 15 is 0 Å². The van der Waals surface area contributed by atoms with Crippen molar-refractivity contribution in [3.05, 3.63) is 35.4 Å². The summed E-state index contributed by atoms with van der Waals surface area (Å²) in [5, 5.41) is 0. The number of hydrogen-bond donors (Lipinski definition) is 2. The molecule has 2 N–H and O–H groups in total. The second-order valence-electron chi connectivity index (χ2n) is 4.03. The first kappa shape index (κ1) is 14.2. The molecule has 96 valence electrons. The van der Waals surface area contributed by atoms with E-state index in [1.54, 1.807) is 0 Å². The molecule has 0 amide bonds. The Morgan fingerprint density at radius 1 is 1.18 bits per heavy atom. The van der Waals surface area contributed by atoms with Crippen molar-refractivity contribution in [2.24, 2.45) is 0 Å². The summed E-state index contributed by atoms with van der Waals surface area (Å²) in [6.45, 7) is 4.84. The molecule has 5 heteroatoms. The molecule has 0 aliphatic heterocycles. The molecule has 17 heavy (non-hydrogen) atoms. The van der Waals surface area contributed by atoms with Crippen molar-refractivity contribution < 1.29 is 8.42 Å². The fourth-order valence-corrected chi connectivity index (χ4v) is 2.43. The number of rotatable bonds is 7. The van der Waals surface area contributed by atoms with Crippen LogP contribution in [-0.2, 0) is 16.6 Å². The average Bonchev–Trinajstić information content (AvgIpc) is 2.26. The molecule has 0 aromatic heterocycles. The zero-order chi connectivity index (χ0) is 12.7. The Hall–Kier alpha value is -0.910. The predicted octanol–water partition coefficient (Wildman–Crippen LogP) is 1.37. The van der Waals surface area contributed by atoms with Crippen LogP contribution in [0.25, 0.3) is 0 Å². The van der Waals surface area contributed by atoms with Gasteiger partial charge in [0.2, 0.25) is 0 Å². The zero-order valence-electron chi connectivity index (χ0n) is 10.4. The zero-order valence-corrected chi connectivity index (χ0v) is 11.2. The molecule has 0 unspecified atom stereocenters. The van der Waals surface area contributed by atoms with E-state index in [0.29, 0.717) is 19.5 Å². The van der Waals surface area contributed by atoms with Gasteiger partial charge in [0.1, 0.15) is 0 Å². The Morgan fingerprint density at radius 3 is 2.53 bits per heavy atom. The van der Waals surface area contributed by atoms with Gasteiger partial charge in [-0.1, -0.05) is 36.8 Å². The molecule has 0 bridgehead atoms. The lowest BCUT2D eigenvalue weighted by Gasteiger charge is -2.07. The molecule has 1 aromatic rings. The number of aryl methyl sites for hydroxylation is 1. The van der Waals surface area contributed by atoms with E-state index in [0.717, 1.165) is 12.0 Å². The fourth-order valence-electron chi connectivity index (χ4n) is 1.48. The molecule has 1 aromatic carbocycles. The maximum Gasteiger partial charge on any atom is 0.276 e. The first-order valence-corrected chi connectivity index (χ1v) is 7.31. The molecule has 0 heterocycles. The third kappa shape index (κ3) is 5.81. The maximum absolute atomic E-state index is 11.4. The lowest BCUT2D eigenvalue weighted by Crippen LogP contribution is -2.37. The highest BCUT2D eigenvalue weighted by Gasteiger charge is 2.06. The Bertz CT molecular complexity index is 444. The van der Waals surface area contributed by atoms with Crippen LogP contribution in [-0.4, -0.2) is 21.5 Å². The predicted molar refractivity (Wildman–Crippen MR) is 70.1 cm³/mol. The van der Waals surface area contributed by atoms with Gasteiger partial charge in [-0.3, -0.25) is 0 Å². The SMILES string of the molecule is CCCNS(=O)(=O)NCCc1cccc(C)c1. The van der Waals surface area contributed by atoms with Crippen LogP contribution in [0.5, 0.6) is 0 Å². The number of benzene rings is 1. The van der Waals surface area contributed by atoms with Crippen LogP contribution >= 0.6 is 0 Å². The summed E-state index contributed by atoms with van der Waals surface area (Å²) in [5.41, 5.74) is 2.33. The van der Waals surface area contributed by atoms with Crippen LogP contribution in [0.1, 0.15) is 24.5 Å². The monoisotopic (exact) mass is 256 g/mol. The molecule has 0 aliphatic carbocycles. The summed E-state index contributed by atoms with van der Waals surface area (Å²) >= 11 is 0. The van der Waals surface area contributed by atoms with Gasteiger partial charge >= 0.3 is 0 Å². The van der Waals surface area contributed by atoms with E-state index < -0.39 is 10.2 Å². The third-order valence-electron chi connectivity index (χ3n) is 2.33. The van der Waals surface area contributed by atoms with Crippen LogP contribution in [0.2, 0.25) is 0 Å². The Labute approximate surface area is 104 Å². The van der Waals surface area contributed by atoms with Gasteiger partial charge in [-0.05, 0) is 25.3 Å². The van der Waals surface area contributed by atoms with Crippen LogP contribution in [0.3, 0.4) is 0 Å². The van der Waals surface area contributed by atoms with Gasteiger partial charge in [0, 0.05) is 13.1 Å². The molecule has 0 saturated heterocycles. The Balaban J connectivity index is 2.37. The van der Waals surface area contributed by atoms with Gasteiger partial charge in [0.25, 0.3) is 10.2 Å². The molecule has 0 aliphatic rings. The van der Waals surface area contributed by atoms with E-state index in [2.05, 4.69) is 15.5 Å². The van der Waals surface area contributed by atoms with Crippen molar-refractivity contribution in [2.75, 3.05) is 13.1 Å². The van der Waals surface area contributed by atoms with Crippen LogP contribution in [0.15, 0.2) is 24.3 Å². The highest BCUT2D eigenvalue weighted by atomic mass is 32.2. The topological polar surface area (TPSA) is 58.2 Å². The second kappa shape index (κ2) is 6.74. The molecular weight excluding hydrogens is 236 g/mol. The molecule has 0 atom stereocenters. The summed E-state index contributed by atoms with van der Waals surface area (Å²) < 4.78 is 27.8. The first-order valence-electron chi connectivity index (χ1n) is 5.83. The minimum absolute atomic E-state index is 0.419. The van der Waals surface area contributed by atoms with Crippen LogP contribution < -0.4 is 9.44 Å². The largest absolute Gasteiger partial charge is 0.276 e. The summed E-state index contributed by atoms with van der Waals surface area (Å²) in [5.74, 6) is 0. The minimum atomic E-state index is -3.32. The number of hydrogen-bond acceptors (Lipinski definition) is 2. The standard InChI is InChI=1S/C12H20N2O2S/c1-3-8-13-17(15,16)14-9-7-12-6-4-5-11(2)10-12/h4-6,10,13-14H,3,7-9H2,1-2H3. The van der Waals surface area contributed by atoms with Gasteiger partial charge in [0.15, 0.2) is 0 Å². The van der Waals surface area contributed by atoms with Gasteiger partial charge in [-0.15, -0.1) is 0 Å².